The maximum absolute atomic E-state index is 13.1. The SMILES string of the molecule is CN(C)CCCn1ccc2cc(Oc3cccc(C(=O)Nc4ccc(F)cc4)c3)ccc21. The highest BCUT2D eigenvalue weighted by molar-refractivity contribution is 6.04. The average molecular weight is 432 g/mol. The van der Waals surface area contributed by atoms with Gasteiger partial charge in [0.1, 0.15) is 17.3 Å². The zero-order valence-corrected chi connectivity index (χ0v) is 18.2. The Balaban J connectivity index is 1.44. The van der Waals surface area contributed by atoms with E-state index in [-0.39, 0.29) is 11.7 Å². The maximum Gasteiger partial charge on any atom is 0.255 e. The Labute approximate surface area is 187 Å². The first kappa shape index (κ1) is 21.6. The van der Waals surface area contributed by atoms with Gasteiger partial charge in [-0.05, 0) is 93.8 Å². The van der Waals surface area contributed by atoms with E-state index < -0.39 is 0 Å². The quantitative estimate of drug-likeness (QED) is 0.385. The molecule has 32 heavy (non-hydrogen) atoms. The van der Waals surface area contributed by atoms with E-state index >= 15 is 0 Å². The number of halogens is 1. The Morgan fingerprint density at radius 2 is 1.78 bits per heavy atom. The van der Waals surface area contributed by atoms with Crippen LogP contribution < -0.4 is 10.1 Å². The first-order valence-corrected chi connectivity index (χ1v) is 10.6. The minimum Gasteiger partial charge on any atom is -0.457 e. The van der Waals surface area contributed by atoms with E-state index in [2.05, 4.69) is 47.2 Å². The van der Waals surface area contributed by atoms with E-state index in [9.17, 15) is 9.18 Å². The summed E-state index contributed by atoms with van der Waals surface area (Å²) in [4.78, 5) is 14.7. The predicted molar refractivity (Wildman–Crippen MR) is 126 cm³/mol. The molecule has 0 spiro atoms. The van der Waals surface area contributed by atoms with Gasteiger partial charge in [0.05, 0.1) is 0 Å². The van der Waals surface area contributed by atoms with E-state index in [1.807, 2.05) is 18.2 Å². The maximum atomic E-state index is 13.1. The Morgan fingerprint density at radius 1 is 1.00 bits per heavy atom. The van der Waals surface area contributed by atoms with Crippen LogP contribution in [0.5, 0.6) is 11.5 Å². The number of amides is 1. The molecule has 1 N–H and O–H groups in total. The molecule has 0 aliphatic rings. The number of nitrogens with one attached hydrogen (secondary N) is 1. The van der Waals surface area contributed by atoms with Crippen molar-refractivity contribution in [3.05, 3.63) is 90.4 Å². The third-order valence-electron chi connectivity index (χ3n) is 5.18. The van der Waals surface area contributed by atoms with Crippen molar-refractivity contribution in [3.8, 4) is 11.5 Å². The fourth-order valence-corrected chi connectivity index (χ4v) is 3.57. The van der Waals surface area contributed by atoms with Crippen LogP contribution in [-0.4, -0.2) is 36.0 Å². The van der Waals surface area contributed by atoms with Gasteiger partial charge in [-0.15, -0.1) is 0 Å². The van der Waals surface area contributed by atoms with Gasteiger partial charge in [-0.1, -0.05) is 6.07 Å². The number of benzene rings is 3. The van der Waals surface area contributed by atoms with Crippen LogP contribution >= 0.6 is 0 Å². The van der Waals surface area contributed by atoms with Gasteiger partial charge < -0.3 is 19.5 Å². The minimum absolute atomic E-state index is 0.285. The van der Waals surface area contributed by atoms with Crippen molar-refractivity contribution < 1.29 is 13.9 Å². The molecule has 1 aromatic heterocycles. The molecule has 0 fully saturated rings. The van der Waals surface area contributed by atoms with Gasteiger partial charge >= 0.3 is 0 Å². The van der Waals surface area contributed by atoms with Crippen molar-refractivity contribution in [2.75, 3.05) is 26.0 Å². The Morgan fingerprint density at radius 3 is 2.56 bits per heavy atom. The van der Waals surface area contributed by atoms with Crippen molar-refractivity contribution in [1.82, 2.24) is 9.47 Å². The summed E-state index contributed by atoms with van der Waals surface area (Å²) in [5, 5.41) is 3.87. The number of rotatable bonds is 8. The average Bonchev–Trinajstić information content (AvgIpc) is 3.17. The molecule has 0 saturated heterocycles. The number of carbonyl (C=O) groups is 1. The summed E-state index contributed by atoms with van der Waals surface area (Å²) >= 11 is 0. The zero-order chi connectivity index (χ0) is 22.5. The van der Waals surface area contributed by atoms with Crippen LogP contribution in [0.3, 0.4) is 0 Å². The molecule has 0 saturated carbocycles. The molecule has 0 atom stereocenters. The number of fused-ring (bicyclic) bond motifs is 1. The molecule has 0 aliphatic carbocycles. The topological polar surface area (TPSA) is 46.5 Å². The lowest BCUT2D eigenvalue weighted by Gasteiger charge is -2.11. The largest absolute Gasteiger partial charge is 0.457 e. The van der Waals surface area contributed by atoms with Crippen molar-refractivity contribution in [3.63, 3.8) is 0 Å². The molecular weight excluding hydrogens is 405 g/mol. The molecule has 4 aromatic rings. The summed E-state index contributed by atoms with van der Waals surface area (Å²) in [6.45, 7) is 2.01. The van der Waals surface area contributed by atoms with E-state index in [4.69, 9.17) is 4.74 Å². The summed E-state index contributed by atoms with van der Waals surface area (Å²) in [6, 6.07) is 20.7. The third-order valence-corrected chi connectivity index (χ3v) is 5.18. The number of aryl methyl sites for hydroxylation is 1. The Hall–Kier alpha value is -3.64. The Kier molecular flexibility index (Phi) is 6.52. The molecule has 0 radical (unpaired) electrons. The molecule has 0 aliphatic heterocycles. The lowest BCUT2D eigenvalue weighted by molar-refractivity contribution is 0.102. The highest BCUT2D eigenvalue weighted by Gasteiger charge is 2.09. The summed E-state index contributed by atoms with van der Waals surface area (Å²) in [6.07, 6.45) is 3.19. The van der Waals surface area contributed by atoms with Crippen LogP contribution in [0.25, 0.3) is 10.9 Å². The van der Waals surface area contributed by atoms with E-state index in [1.165, 1.54) is 29.8 Å². The predicted octanol–water partition coefficient (Wildman–Crippen LogP) is 5.78. The summed E-state index contributed by atoms with van der Waals surface area (Å²) in [7, 11) is 4.16. The van der Waals surface area contributed by atoms with E-state index in [0.717, 1.165) is 24.9 Å². The summed E-state index contributed by atoms with van der Waals surface area (Å²) < 4.78 is 21.3. The number of ether oxygens (including phenoxy) is 1. The molecule has 1 amide bonds. The number of hydrogen-bond acceptors (Lipinski definition) is 3. The van der Waals surface area contributed by atoms with Crippen molar-refractivity contribution in [2.24, 2.45) is 0 Å². The van der Waals surface area contributed by atoms with Crippen molar-refractivity contribution in [1.29, 1.82) is 0 Å². The molecule has 0 unspecified atom stereocenters. The van der Waals surface area contributed by atoms with Gasteiger partial charge in [-0.25, -0.2) is 4.39 Å². The molecular formula is C26H26FN3O2. The number of anilines is 1. The lowest BCUT2D eigenvalue weighted by atomic mass is 10.2. The van der Waals surface area contributed by atoms with Crippen LogP contribution in [0.1, 0.15) is 16.8 Å². The number of carbonyl (C=O) groups excluding carboxylic acids is 1. The standard InChI is InChI=1S/C26H26FN3O2/c1-29(2)14-4-15-30-16-13-19-17-24(11-12-25(19)30)32-23-6-3-5-20(18-23)26(31)28-22-9-7-21(27)8-10-22/h3,5-13,16-18H,4,14-15H2,1-2H3,(H,28,31). The minimum atomic E-state index is -0.348. The zero-order valence-electron chi connectivity index (χ0n) is 18.2. The second kappa shape index (κ2) is 9.66. The van der Waals surface area contributed by atoms with Gasteiger partial charge in [-0.2, -0.15) is 0 Å². The van der Waals surface area contributed by atoms with Gasteiger partial charge in [0.2, 0.25) is 0 Å². The lowest BCUT2D eigenvalue weighted by Crippen LogP contribution is -2.14. The highest BCUT2D eigenvalue weighted by Crippen LogP contribution is 2.27. The Bertz CT molecular complexity index is 1220. The molecule has 1 heterocycles. The van der Waals surface area contributed by atoms with E-state index in [0.29, 0.717) is 22.7 Å². The number of nitrogens with zero attached hydrogens (tertiary/aromatic N) is 2. The van der Waals surface area contributed by atoms with Crippen molar-refractivity contribution in [2.45, 2.75) is 13.0 Å². The second-order valence-electron chi connectivity index (χ2n) is 7.98. The first-order chi connectivity index (χ1) is 15.5. The molecule has 0 bridgehead atoms. The van der Waals surface area contributed by atoms with Crippen LogP contribution in [-0.2, 0) is 6.54 Å². The van der Waals surface area contributed by atoms with Gasteiger partial charge in [-0.3, -0.25) is 4.79 Å². The number of hydrogen-bond donors (Lipinski definition) is 1. The smallest absolute Gasteiger partial charge is 0.255 e. The van der Waals surface area contributed by atoms with Crippen molar-refractivity contribution >= 4 is 22.5 Å². The molecule has 3 aromatic carbocycles. The van der Waals surface area contributed by atoms with Crippen LogP contribution in [0.4, 0.5) is 10.1 Å². The monoisotopic (exact) mass is 431 g/mol. The fraction of sp³-hybridized carbons (Fsp3) is 0.192. The van der Waals surface area contributed by atoms with Gasteiger partial charge in [0.25, 0.3) is 5.91 Å². The van der Waals surface area contributed by atoms with Crippen LogP contribution in [0.2, 0.25) is 0 Å². The van der Waals surface area contributed by atoms with E-state index in [1.54, 1.807) is 18.2 Å². The number of aromatic nitrogens is 1. The molecule has 5 nitrogen and oxygen atoms in total. The summed E-state index contributed by atoms with van der Waals surface area (Å²) in [5.74, 6) is 0.646. The first-order valence-electron chi connectivity index (χ1n) is 10.6. The van der Waals surface area contributed by atoms with Gasteiger partial charge in [0, 0.05) is 34.9 Å². The molecule has 164 valence electrons. The normalized spacial score (nSPS) is 11.1. The molecule has 4 rings (SSSR count). The van der Waals surface area contributed by atoms with Gasteiger partial charge in [0.15, 0.2) is 0 Å². The second-order valence-corrected chi connectivity index (χ2v) is 7.98. The molecule has 6 heteroatoms. The highest BCUT2D eigenvalue weighted by atomic mass is 19.1. The summed E-state index contributed by atoms with van der Waals surface area (Å²) in [5.41, 5.74) is 2.16. The van der Waals surface area contributed by atoms with Crippen LogP contribution in [0, 0.1) is 5.82 Å². The third kappa shape index (κ3) is 5.34. The fourth-order valence-electron chi connectivity index (χ4n) is 3.57. The van der Waals surface area contributed by atoms with Crippen LogP contribution in [0.15, 0.2) is 79.0 Å².